The highest BCUT2D eigenvalue weighted by Gasteiger charge is 1.86. The van der Waals surface area contributed by atoms with Crippen LogP contribution in [-0.4, -0.2) is 6.29 Å². The van der Waals surface area contributed by atoms with Crippen molar-refractivity contribution < 1.29 is 4.79 Å². The zero-order chi connectivity index (χ0) is 7.40. The molecule has 0 aliphatic carbocycles. The van der Waals surface area contributed by atoms with Crippen molar-refractivity contribution >= 4 is 12.0 Å². The second kappa shape index (κ2) is 2.98. The van der Waals surface area contributed by atoms with Crippen LogP contribution in [0.2, 0.25) is 0 Å². The van der Waals surface area contributed by atoms with E-state index in [-0.39, 0.29) is 0 Å². The van der Waals surface area contributed by atoms with Gasteiger partial charge in [-0.3, -0.25) is 4.79 Å². The Bertz CT molecular complexity index is 218. The molecule has 0 saturated carbocycles. The van der Waals surface area contributed by atoms with Gasteiger partial charge in [-0.2, -0.15) is 0 Å². The first kappa shape index (κ1) is 6.77. The standard InChI is InChI=1S/C7H6NO2/c9-5-6-1-3-7(8-10)4-2-6/h1-5,8H/q-1. The zero-order valence-electron chi connectivity index (χ0n) is 5.20. The van der Waals surface area contributed by atoms with E-state index in [0.717, 1.165) is 6.29 Å². The van der Waals surface area contributed by atoms with E-state index >= 15 is 0 Å². The SMILES string of the molecule is O=Cc1ccc(N[O-])cc1. The number of benzene rings is 1. The van der Waals surface area contributed by atoms with Gasteiger partial charge < -0.3 is 10.7 Å². The first-order valence-electron chi connectivity index (χ1n) is 2.80. The summed E-state index contributed by atoms with van der Waals surface area (Å²) in [5.74, 6) is 0. The van der Waals surface area contributed by atoms with E-state index in [1.165, 1.54) is 0 Å². The molecule has 0 spiro atoms. The number of hydrogen-bond donors (Lipinski definition) is 1. The molecule has 1 aromatic rings. The first-order valence-corrected chi connectivity index (χ1v) is 2.80. The fourth-order valence-corrected chi connectivity index (χ4v) is 0.630. The Morgan fingerprint density at radius 1 is 1.30 bits per heavy atom. The lowest BCUT2D eigenvalue weighted by atomic mass is 10.2. The van der Waals surface area contributed by atoms with Crippen molar-refractivity contribution in [1.82, 2.24) is 0 Å². The Morgan fingerprint density at radius 2 is 1.90 bits per heavy atom. The van der Waals surface area contributed by atoms with Crippen LogP contribution in [0.4, 0.5) is 5.69 Å². The van der Waals surface area contributed by atoms with Gasteiger partial charge in [0.1, 0.15) is 6.29 Å². The molecule has 52 valence electrons. The summed E-state index contributed by atoms with van der Waals surface area (Å²) in [6.07, 6.45) is 0.731. The maximum atomic E-state index is 10.1. The van der Waals surface area contributed by atoms with Crippen LogP contribution in [0.3, 0.4) is 0 Å². The Labute approximate surface area is 58.3 Å². The van der Waals surface area contributed by atoms with Crippen molar-refractivity contribution in [2.24, 2.45) is 0 Å². The van der Waals surface area contributed by atoms with Crippen LogP contribution in [0.15, 0.2) is 24.3 Å². The summed E-state index contributed by atoms with van der Waals surface area (Å²) in [6.45, 7) is 0. The number of rotatable bonds is 2. The lowest BCUT2D eigenvalue weighted by Gasteiger charge is -2.07. The maximum absolute atomic E-state index is 10.1. The van der Waals surface area contributed by atoms with Crippen LogP contribution in [0, 0.1) is 5.21 Å². The minimum Gasteiger partial charge on any atom is -0.761 e. The van der Waals surface area contributed by atoms with Crippen LogP contribution in [0.25, 0.3) is 0 Å². The third-order valence-corrected chi connectivity index (χ3v) is 1.16. The molecule has 3 nitrogen and oxygen atoms in total. The molecule has 0 heterocycles. The van der Waals surface area contributed by atoms with Crippen LogP contribution >= 0.6 is 0 Å². The van der Waals surface area contributed by atoms with E-state index in [2.05, 4.69) is 0 Å². The van der Waals surface area contributed by atoms with E-state index in [1.807, 2.05) is 0 Å². The Kier molecular flexibility index (Phi) is 2.02. The van der Waals surface area contributed by atoms with Gasteiger partial charge in [-0.15, -0.1) is 0 Å². The summed E-state index contributed by atoms with van der Waals surface area (Å²) < 4.78 is 0. The average Bonchev–Trinajstić information content (AvgIpc) is 2.05. The number of anilines is 1. The van der Waals surface area contributed by atoms with Gasteiger partial charge in [-0.05, 0) is 24.3 Å². The molecule has 0 saturated heterocycles. The number of hydrogen-bond acceptors (Lipinski definition) is 3. The molecule has 1 N–H and O–H groups in total. The van der Waals surface area contributed by atoms with E-state index in [9.17, 15) is 10.0 Å². The summed E-state index contributed by atoms with van der Waals surface area (Å²) in [5, 5.41) is 9.99. The molecule has 0 aliphatic rings. The van der Waals surface area contributed by atoms with Crippen molar-refractivity contribution in [1.29, 1.82) is 0 Å². The quantitative estimate of drug-likeness (QED) is 0.494. The van der Waals surface area contributed by atoms with E-state index in [4.69, 9.17) is 0 Å². The highest BCUT2D eigenvalue weighted by molar-refractivity contribution is 5.75. The minimum atomic E-state index is 0.464. The van der Waals surface area contributed by atoms with Crippen molar-refractivity contribution in [3.63, 3.8) is 0 Å². The van der Waals surface area contributed by atoms with Gasteiger partial charge in [0.25, 0.3) is 0 Å². The second-order valence-corrected chi connectivity index (χ2v) is 1.84. The predicted octanol–water partition coefficient (Wildman–Crippen LogP) is 1.41. The van der Waals surface area contributed by atoms with Crippen molar-refractivity contribution in [3.05, 3.63) is 35.0 Å². The largest absolute Gasteiger partial charge is 0.761 e. The van der Waals surface area contributed by atoms with Gasteiger partial charge in [0.05, 0.1) is 0 Å². The van der Waals surface area contributed by atoms with Gasteiger partial charge >= 0.3 is 0 Å². The predicted molar refractivity (Wildman–Crippen MR) is 38.8 cm³/mol. The van der Waals surface area contributed by atoms with E-state index in [0.29, 0.717) is 11.3 Å². The third-order valence-electron chi connectivity index (χ3n) is 1.16. The summed E-state index contributed by atoms with van der Waals surface area (Å²) in [6, 6.07) is 6.26. The highest BCUT2D eigenvalue weighted by atomic mass is 16.5. The topological polar surface area (TPSA) is 52.2 Å². The average molecular weight is 136 g/mol. The molecule has 0 amide bonds. The number of carbonyl (C=O) groups is 1. The first-order chi connectivity index (χ1) is 4.86. The normalized spacial score (nSPS) is 8.90. The smallest absolute Gasteiger partial charge is 0.150 e. The zero-order valence-corrected chi connectivity index (χ0v) is 5.20. The lowest BCUT2D eigenvalue weighted by molar-refractivity contribution is 0.112. The molecule has 0 aliphatic heterocycles. The molecule has 10 heavy (non-hydrogen) atoms. The summed E-state index contributed by atoms with van der Waals surface area (Å²) in [5.41, 5.74) is 2.74. The fraction of sp³-hybridized carbons (Fsp3) is 0. The molecule has 0 fully saturated rings. The van der Waals surface area contributed by atoms with Crippen molar-refractivity contribution in [2.45, 2.75) is 0 Å². The monoisotopic (exact) mass is 136 g/mol. The summed E-state index contributed by atoms with van der Waals surface area (Å²) in [4.78, 5) is 10.1. The molecule has 1 aromatic carbocycles. The molecule has 0 unspecified atom stereocenters. The molecule has 0 radical (unpaired) electrons. The van der Waals surface area contributed by atoms with Gasteiger partial charge in [-0.25, -0.2) is 0 Å². The molecule has 1 rings (SSSR count). The molecular formula is C7H6NO2-. The second-order valence-electron chi connectivity index (χ2n) is 1.84. The molecule has 0 atom stereocenters. The molecule has 3 heteroatoms. The summed E-state index contributed by atoms with van der Waals surface area (Å²) >= 11 is 0. The Hall–Kier alpha value is -1.35. The Morgan fingerprint density at radius 3 is 2.30 bits per heavy atom. The van der Waals surface area contributed by atoms with Crippen molar-refractivity contribution in [3.8, 4) is 0 Å². The highest BCUT2D eigenvalue weighted by Crippen LogP contribution is 2.06. The van der Waals surface area contributed by atoms with Gasteiger partial charge in [0.2, 0.25) is 0 Å². The number of carbonyl (C=O) groups excluding carboxylic acids is 1. The number of aldehydes is 1. The van der Waals surface area contributed by atoms with Crippen molar-refractivity contribution in [2.75, 3.05) is 5.48 Å². The van der Waals surface area contributed by atoms with Gasteiger partial charge in [0, 0.05) is 11.3 Å². The van der Waals surface area contributed by atoms with Gasteiger partial charge in [-0.1, -0.05) is 0 Å². The van der Waals surface area contributed by atoms with Crippen LogP contribution < -0.4 is 5.48 Å². The van der Waals surface area contributed by atoms with E-state index in [1.54, 1.807) is 29.7 Å². The lowest BCUT2D eigenvalue weighted by Crippen LogP contribution is -1.84. The molecule has 0 bridgehead atoms. The fourth-order valence-electron chi connectivity index (χ4n) is 0.630. The molecule has 0 aromatic heterocycles. The third kappa shape index (κ3) is 1.33. The Balaban J connectivity index is 2.90. The van der Waals surface area contributed by atoms with Crippen LogP contribution in [0.1, 0.15) is 10.4 Å². The van der Waals surface area contributed by atoms with Crippen LogP contribution in [-0.2, 0) is 0 Å². The molecular weight excluding hydrogens is 130 g/mol. The van der Waals surface area contributed by atoms with E-state index < -0.39 is 0 Å². The summed E-state index contributed by atoms with van der Waals surface area (Å²) in [7, 11) is 0. The maximum Gasteiger partial charge on any atom is 0.150 e. The van der Waals surface area contributed by atoms with Gasteiger partial charge in [0.15, 0.2) is 0 Å². The van der Waals surface area contributed by atoms with Crippen LogP contribution in [0.5, 0.6) is 0 Å². The minimum absolute atomic E-state index is 0.464. The number of nitrogens with one attached hydrogen (secondary N) is 1.